The van der Waals surface area contributed by atoms with Crippen LogP contribution in [0.4, 0.5) is 0 Å². The second-order valence-electron chi connectivity index (χ2n) is 3.41. The smallest absolute Gasteiger partial charge is 0.00276 e. The number of nitrogens with one attached hydrogen (secondary N) is 1. The summed E-state index contributed by atoms with van der Waals surface area (Å²) in [5.74, 6) is 0. The van der Waals surface area contributed by atoms with Gasteiger partial charge in [-0.05, 0) is 18.0 Å². The van der Waals surface area contributed by atoms with Gasteiger partial charge in [0.15, 0.2) is 0 Å². The predicted octanol–water partition coefficient (Wildman–Crippen LogP) is 2.55. The van der Waals surface area contributed by atoms with E-state index < -0.39 is 0 Å². The topological polar surface area (TPSA) is 12.0 Å². The molecular weight excluding hydrogens is 122 g/mol. The Balaban J connectivity index is 3.56. The molecule has 60 valence electrons. The largest absolute Gasteiger partial charge is 0.394 e. The molecule has 10 heavy (non-hydrogen) atoms. The summed E-state index contributed by atoms with van der Waals surface area (Å²) in [7, 11) is 1.93. The number of hydrogen-bond donors (Lipinski definition) is 1. The van der Waals surface area contributed by atoms with Crippen LogP contribution in [0.1, 0.15) is 33.6 Å². The number of hydrogen-bond acceptors (Lipinski definition) is 1. The van der Waals surface area contributed by atoms with Crippen LogP contribution in [-0.4, -0.2) is 7.05 Å². The van der Waals surface area contributed by atoms with Crippen LogP contribution in [-0.2, 0) is 0 Å². The molecule has 0 amide bonds. The molecule has 0 aliphatic carbocycles. The van der Waals surface area contributed by atoms with E-state index in [1.807, 2.05) is 13.2 Å². The molecule has 0 rings (SSSR count). The van der Waals surface area contributed by atoms with Gasteiger partial charge in [-0.3, -0.25) is 0 Å². The van der Waals surface area contributed by atoms with Crippen LogP contribution in [0.3, 0.4) is 0 Å². The van der Waals surface area contributed by atoms with E-state index in [1.54, 1.807) is 0 Å². The van der Waals surface area contributed by atoms with Crippen molar-refractivity contribution in [1.29, 1.82) is 0 Å². The predicted molar refractivity (Wildman–Crippen MR) is 46.9 cm³/mol. The van der Waals surface area contributed by atoms with Gasteiger partial charge in [0.25, 0.3) is 0 Å². The standard InChI is InChI=1S/C9H19N/c1-5-9(2,3)7-6-8-10-4/h6,8,10H,5,7H2,1-4H3/b8-6-. The molecule has 0 saturated carbocycles. The van der Waals surface area contributed by atoms with E-state index in [1.165, 1.54) is 6.42 Å². The monoisotopic (exact) mass is 141 g/mol. The minimum absolute atomic E-state index is 0.466. The summed E-state index contributed by atoms with van der Waals surface area (Å²) in [6.07, 6.45) is 6.58. The van der Waals surface area contributed by atoms with E-state index in [0.29, 0.717) is 5.41 Å². The minimum Gasteiger partial charge on any atom is -0.394 e. The lowest BCUT2D eigenvalue weighted by molar-refractivity contribution is 0.356. The highest BCUT2D eigenvalue weighted by atomic mass is 14.8. The molecular formula is C9H19N. The summed E-state index contributed by atoms with van der Waals surface area (Å²) in [4.78, 5) is 0. The van der Waals surface area contributed by atoms with Gasteiger partial charge in [-0.2, -0.15) is 0 Å². The molecule has 0 saturated heterocycles. The molecule has 0 aromatic rings. The molecule has 0 bridgehead atoms. The fraction of sp³-hybridized carbons (Fsp3) is 0.778. The van der Waals surface area contributed by atoms with Gasteiger partial charge in [-0.25, -0.2) is 0 Å². The average Bonchev–Trinajstić information content (AvgIpc) is 1.89. The molecule has 0 unspecified atom stereocenters. The van der Waals surface area contributed by atoms with Gasteiger partial charge in [0.1, 0.15) is 0 Å². The third-order valence-corrected chi connectivity index (χ3v) is 1.91. The average molecular weight is 141 g/mol. The van der Waals surface area contributed by atoms with E-state index in [-0.39, 0.29) is 0 Å². The van der Waals surface area contributed by atoms with Gasteiger partial charge in [-0.15, -0.1) is 0 Å². The maximum absolute atomic E-state index is 2.98. The molecule has 0 spiro atoms. The summed E-state index contributed by atoms with van der Waals surface area (Å²) in [5, 5.41) is 2.98. The molecule has 0 radical (unpaired) electrons. The van der Waals surface area contributed by atoms with Gasteiger partial charge in [0.2, 0.25) is 0 Å². The lowest BCUT2D eigenvalue weighted by Gasteiger charge is -2.19. The zero-order valence-corrected chi connectivity index (χ0v) is 7.57. The van der Waals surface area contributed by atoms with Crippen LogP contribution in [0.25, 0.3) is 0 Å². The summed E-state index contributed by atoms with van der Waals surface area (Å²) in [5.41, 5.74) is 0.466. The van der Waals surface area contributed by atoms with Gasteiger partial charge in [0, 0.05) is 7.05 Å². The molecule has 0 atom stereocenters. The highest BCUT2D eigenvalue weighted by Crippen LogP contribution is 2.24. The molecule has 1 N–H and O–H groups in total. The highest BCUT2D eigenvalue weighted by molar-refractivity contribution is 4.84. The molecule has 1 nitrogen and oxygen atoms in total. The number of rotatable bonds is 4. The first-order valence-electron chi connectivity index (χ1n) is 3.94. The molecule has 0 aliphatic heterocycles. The van der Waals surface area contributed by atoms with Crippen molar-refractivity contribution in [1.82, 2.24) is 5.32 Å². The van der Waals surface area contributed by atoms with Gasteiger partial charge in [-0.1, -0.05) is 33.3 Å². The van der Waals surface area contributed by atoms with Crippen LogP contribution < -0.4 is 5.32 Å². The summed E-state index contributed by atoms with van der Waals surface area (Å²) in [6, 6.07) is 0. The van der Waals surface area contributed by atoms with E-state index in [2.05, 4.69) is 32.2 Å². The number of allylic oxidation sites excluding steroid dienone is 1. The summed E-state index contributed by atoms with van der Waals surface area (Å²) >= 11 is 0. The van der Waals surface area contributed by atoms with Crippen molar-refractivity contribution in [3.8, 4) is 0 Å². The Bertz CT molecular complexity index is 103. The lowest BCUT2D eigenvalue weighted by Crippen LogP contribution is -2.07. The Morgan fingerprint density at radius 2 is 2.00 bits per heavy atom. The Morgan fingerprint density at radius 3 is 2.40 bits per heavy atom. The molecule has 1 heteroatoms. The molecule has 0 fully saturated rings. The van der Waals surface area contributed by atoms with Crippen LogP contribution in [0.15, 0.2) is 12.3 Å². The van der Waals surface area contributed by atoms with Gasteiger partial charge in [0.05, 0.1) is 0 Å². The van der Waals surface area contributed by atoms with Crippen LogP contribution >= 0.6 is 0 Å². The van der Waals surface area contributed by atoms with E-state index in [9.17, 15) is 0 Å². The Labute approximate surface area is 64.5 Å². The fourth-order valence-corrected chi connectivity index (χ4v) is 0.640. The Hall–Kier alpha value is -0.460. The van der Waals surface area contributed by atoms with E-state index in [4.69, 9.17) is 0 Å². The maximum Gasteiger partial charge on any atom is 0.00276 e. The van der Waals surface area contributed by atoms with Crippen LogP contribution in [0.2, 0.25) is 0 Å². The molecule has 0 heterocycles. The summed E-state index contributed by atoms with van der Waals surface area (Å²) < 4.78 is 0. The second kappa shape index (κ2) is 4.37. The quantitative estimate of drug-likeness (QED) is 0.634. The van der Waals surface area contributed by atoms with Crippen molar-refractivity contribution in [2.75, 3.05) is 7.05 Å². The highest BCUT2D eigenvalue weighted by Gasteiger charge is 2.11. The minimum atomic E-state index is 0.466. The van der Waals surface area contributed by atoms with Crippen molar-refractivity contribution in [2.24, 2.45) is 5.41 Å². The first-order chi connectivity index (χ1) is 4.62. The summed E-state index contributed by atoms with van der Waals surface area (Å²) in [6.45, 7) is 6.80. The first kappa shape index (κ1) is 9.54. The van der Waals surface area contributed by atoms with Crippen LogP contribution in [0, 0.1) is 5.41 Å². The van der Waals surface area contributed by atoms with Crippen molar-refractivity contribution in [3.63, 3.8) is 0 Å². The van der Waals surface area contributed by atoms with Crippen molar-refractivity contribution < 1.29 is 0 Å². The molecule has 0 aliphatic rings. The molecule has 0 aromatic carbocycles. The van der Waals surface area contributed by atoms with Crippen molar-refractivity contribution in [3.05, 3.63) is 12.3 Å². The van der Waals surface area contributed by atoms with Gasteiger partial charge >= 0.3 is 0 Å². The third-order valence-electron chi connectivity index (χ3n) is 1.91. The third kappa shape index (κ3) is 4.42. The lowest BCUT2D eigenvalue weighted by atomic mass is 9.87. The second-order valence-corrected chi connectivity index (χ2v) is 3.41. The maximum atomic E-state index is 2.98. The van der Waals surface area contributed by atoms with Crippen molar-refractivity contribution in [2.45, 2.75) is 33.6 Å². The normalized spacial score (nSPS) is 12.4. The van der Waals surface area contributed by atoms with E-state index >= 15 is 0 Å². The van der Waals surface area contributed by atoms with Gasteiger partial charge < -0.3 is 5.32 Å². The van der Waals surface area contributed by atoms with Crippen LogP contribution in [0.5, 0.6) is 0 Å². The zero-order valence-electron chi connectivity index (χ0n) is 7.57. The Morgan fingerprint density at radius 1 is 1.40 bits per heavy atom. The Kier molecular flexibility index (Phi) is 4.17. The fourth-order valence-electron chi connectivity index (χ4n) is 0.640. The molecule has 0 aromatic heterocycles. The van der Waals surface area contributed by atoms with E-state index in [0.717, 1.165) is 6.42 Å². The van der Waals surface area contributed by atoms with Crippen molar-refractivity contribution >= 4 is 0 Å². The zero-order chi connectivity index (χ0) is 8.04. The first-order valence-corrected chi connectivity index (χ1v) is 3.94. The SMILES string of the molecule is CCC(C)(C)C/C=C\NC.